The number of amides is 2. The second-order valence-corrected chi connectivity index (χ2v) is 3.89. The van der Waals surface area contributed by atoms with Crippen LogP contribution in [0.1, 0.15) is 25.7 Å². The van der Waals surface area contributed by atoms with Crippen molar-refractivity contribution in [2.45, 2.75) is 25.7 Å². The van der Waals surface area contributed by atoms with E-state index in [1.807, 2.05) is 22.6 Å². The van der Waals surface area contributed by atoms with Crippen LogP contribution in [0.4, 0.5) is 4.79 Å². The zero-order chi connectivity index (χ0) is 11.5. The molecule has 0 aliphatic rings. The zero-order valence-corrected chi connectivity index (χ0v) is 10.7. The fourth-order valence-electron chi connectivity index (χ4n) is 1.07. The number of unbranched alkanes of at least 4 members (excludes halogenated alkanes) is 3. The zero-order valence-electron chi connectivity index (χ0n) is 8.59. The van der Waals surface area contributed by atoms with E-state index in [0.29, 0.717) is 17.5 Å². The summed E-state index contributed by atoms with van der Waals surface area (Å²) in [4.78, 5) is 20.9. The summed E-state index contributed by atoms with van der Waals surface area (Å²) in [6.45, 7) is 1.23. The molecule has 0 aliphatic carbocycles. The molecule has 0 aliphatic heterocycles. The number of carbonyl (C=O) groups is 2. The van der Waals surface area contributed by atoms with Gasteiger partial charge in [-0.25, -0.2) is 4.79 Å². The van der Waals surface area contributed by atoms with Crippen LogP contribution in [0.5, 0.6) is 0 Å². The number of hydrogen-bond acceptors (Lipinski definition) is 2. The third-order valence-electron chi connectivity index (χ3n) is 1.82. The molecular formula is C9H17IN2O3. The van der Waals surface area contributed by atoms with Crippen LogP contribution in [0.3, 0.4) is 0 Å². The van der Waals surface area contributed by atoms with Crippen molar-refractivity contribution in [2.24, 2.45) is 0 Å². The summed E-state index contributed by atoms with van der Waals surface area (Å²) in [5.41, 5.74) is 0. The first-order valence-corrected chi connectivity index (χ1v) is 6.49. The lowest BCUT2D eigenvalue weighted by Crippen LogP contribution is -2.25. The Balaban J connectivity index is 3.05. The Kier molecular flexibility index (Phi) is 9.65. The van der Waals surface area contributed by atoms with Crippen molar-refractivity contribution in [3.63, 3.8) is 0 Å². The molecular weight excluding hydrogens is 311 g/mol. The van der Waals surface area contributed by atoms with Crippen molar-refractivity contribution < 1.29 is 14.7 Å². The number of alkyl halides is 1. The molecule has 0 unspecified atom stereocenters. The van der Waals surface area contributed by atoms with Gasteiger partial charge < -0.3 is 15.7 Å². The van der Waals surface area contributed by atoms with Crippen LogP contribution in [0, 0.1) is 0 Å². The van der Waals surface area contributed by atoms with Crippen LogP contribution in [0.15, 0.2) is 0 Å². The largest absolute Gasteiger partial charge is 0.465 e. The highest BCUT2D eigenvalue weighted by molar-refractivity contribution is 14.1. The van der Waals surface area contributed by atoms with Gasteiger partial charge in [0.05, 0.1) is 4.43 Å². The Morgan fingerprint density at radius 2 is 1.53 bits per heavy atom. The number of nitrogens with one attached hydrogen (secondary N) is 2. The molecule has 0 atom stereocenters. The molecule has 0 fully saturated rings. The Morgan fingerprint density at radius 3 is 2.00 bits per heavy atom. The lowest BCUT2D eigenvalue weighted by Gasteiger charge is -2.03. The van der Waals surface area contributed by atoms with Gasteiger partial charge in [0, 0.05) is 13.1 Å². The predicted molar refractivity (Wildman–Crippen MR) is 66.4 cm³/mol. The number of carboxylic acid groups (broad SMARTS) is 1. The minimum Gasteiger partial charge on any atom is -0.465 e. The summed E-state index contributed by atoms with van der Waals surface area (Å²) in [6, 6.07) is 0. The van der Waals surface area contributed by atoms with E-state index >= 15 is 0 Å². The van der Waals surface area contributed by atoms with Crippen LogP contribution >= 0.6 is 22.6 Å². The van der Waals surface area contributed by atoms with E-state index in [1.54, 1.807) is 0 Å². The van der Waals surface area contributed by atoms with Crippen molar-refractivity contribution >= 4 is 34.6 Å². The van der Waals surface area contributed by atoms with Crippen molar-refractivity contribution in [3.8, 4) is 0 Å². The molecule has 0 bridgehead atoms. The van der Waals surface area contributed by atoms with Gasteiger partial charge >= 0.3 is 6.09 Å². The van der Waals surface area contributed by atoms with E-state index in [9.17, 15) is 9.59 Å². The molecule has 88 valence electrons. The molecule has 0 radical (unpaired) electrons. The second-order valence-electron chi connectivity index (χ2n) is 3.13. The first-order valence-electron chi connectivity index (χ1n) is 4.96. The van der Waals surface area contributed by atoms with E-state index in [1.165, 1.54) is 0 Å². The summed E-state index contributed by atoms with van der Waals surface area (Å²) >= 11 is 2.02. The van der Waals surface area contributed by atoms with E-state index < -0.39 is 6.09 Å². The summed E-state index contributed by atoms with van der Waals surface area (Å²) in [6.07, 6.45) is 2.84. The van der Waals surface area contributed by atoms with E-state index in [4.69, 9.17) is 5.11 Å². The Bertz CT molecular complexity index is 200. The van der Waals surface area contributed by atoms with Crippen LogP contribution in [0.2, 0.25) is 0 Å². The molecule has 5 nitrogen and oxygen atoms in total. The Morgan fingerprint density at radius 1 is 1.00 bits per heavy atom. The van der Waals surface area contributed by atoms with Gasteiger partial charge in [-0.15, -0.1) is 0 Å². The Hall–Kier alpha value is -0.530. The molecule has 0 aromatic heterocycles. The smallest absolute Gasteiger partial charge is 0.404 e. The number of halogens is 1. The summed E-state index contributed by atoms with van der Waals surface area (Å²) in [5, 5.41) is 13.4. The van der Waals surface area contributed by atoms with Gasteiger partial charge in [-0.1, -0.05) is 35.4 Å². The van der Waals surface area contributed by atoms with Crippen molar-refractivity contribution in [2.75, 3.05) is 17.5 Å². The SMILES string of the molecule is O=C(O)NCCCCCCNC(=O)CI. The predicted octanol–water partition coefficient (Wildman–Crippen LogP) is 1.37. The fourth-order valence-corrected chi connectivity index (χ4v) is 1.34. The standard InChI is InChI=1S/C9H17IN2O3/c10-7-8(13)11-5-3-1-2-4-6-12-9(14)15/h12H,1-7H2,(H,11,13)(H,14,15). The first-order chi connectivity index (χ1) is 7.16. The normalized spacial score (nSPS) is 9.67. The first kappa shape index (κ1) is 14.5. The summed E-state index contributed by atoms with van der Waals surface area (Å²) < 4.78 is 0.500. The van der Waals surface area contributed by atoms with Gasteiger partial charge in [-0.05, 0) is 12.8 Å². The van der Waals surface area contributed by atoms with E-state index in [2.05, 4.69) is 10.6 Å². The van der Waals surface area contributed by atoms with Gasteiger partial charge in [-0.2, -0.15) is 0 Å². The molecule has 0 aromatic rings. The highest BCUT2D eigenvalue weighted by Gasteiger charge is 1.96. The van der Waals surface area contributed by atoms with Crippen LogP contribution in [-0.2, 0) is 4.79 Å². The van der Waals surface area contributed by atoms with Crippen molar-refractivity contribution in [3.05, 3.63) is 0 Å². The Labute approximate surface area is 103 Å². The highest BCUT2D eigenvalue weighted by atomic mass is 127. The monoisotopic (exact) mass is 328 g/mol. The number of carbonyl (C=O) groups excluding carboxylic acids is 1. The highest BCUT2D eigenvalue weighted by Crippen LogP contribution is 1.97. The molecule has 3 N–H and O–H groups in total. The number of rotatable bonds is 8. The molecule has 0 rings (SSSR count). The van der Waals surface area contributed by atoms with Gasteiger partial charge in [0.25, 0.3) is 0 Å². The topological polar surface area (TPSA) is 78.4 Å². The summed E-state index contributed by atoms with van der Waals surface area (Å²) in [7, 11) is 0. The molecule has 0 saturated carbocycles. The average Bonchev–Trinajstić information content (AvgIpc) is 2.21. The van der Waals surface area contributed by atoms with Crippen molar-refractivity contribution in [1.29, 1.82) is 0 Å². The average molecular weight is 328 g/mol. The quantitative estimate of drug-likeness (QED) is 0.358. The van der Waals surface area contributed by atoms with E-state index in [-0.39, 0.29) is 5.91 Å². The minimum absolute atomic E-state index is 0.0724. The van der Waals surface area contributed by atoms with Gasteiger partial charge in [0.1, 0.15) is 0 Å². The van der Waals surface area contributed by atoms with Gasteiger partial charge in [0.2, 0.25) is 5.91 Å². The molecule has 15 heavy (non-hydrogen) atoms. The minimum atomic E-state index is -0.968. The maximum Gasteiger partial charge on any atom is 0.404 e. The maximum absolute atomic E-state index is 10.8. The van der Waals surface area contributed by atoms with Crippen LogP contribution < -0.4 is 10.6 Å². The lowest BCUT2D eigenvalue weighted by molar-refractivity contribution is -0.118. The molecule has 0 aromatic carbocycles. The van der Waals surface area contributed by atoms with E-state index in [0.717, 1.165) is 25.7 Å². The van der Waals surface area contributed by atoms with Crippen molar-refractivity contribution in [1.82, 2.24) is 10.6 Å². The molecule has 0 spiro atoms. The van der Waals surface area contributed by atoms with Gasteiger partial charge in [-0.3, -0.25) is 4.79 Å². The lowest BCUT2D eigenvalue weighted by atomic mass is 10.2. The third kappa shape index (κ3) is 11.4. The molecule has 2 amide bonds. The van der Waals surface area contributed by atoms with Gasteiger partial charge in [0.15, 0.2) is 0 Å². The maximum atomic E-state index is 10.8. The number of hydrogen-bond donors (Lipinski definition) is 3. The molecule has 0 heterocycles. The fraction of sp³-hybridized carbons (Fsp3) is 0.778. The third-order valence-corrected chi connectivity index (χ3v) is 2.52. The second kappa shape index (κ2) is 10.0. The summed E-state index contributed by atoms with van der Waals surface area (Å²) in [5.74, 6) is 0.0724. The molecule has 0 saturated heterocycles. The van der Waals surface area contributed by atoms with Crippen LogP contribution in [0.25, 0.3) is 0 Å². The van der Waals surface area contributed by atoms with Crippen LogP contribution in [-0.4, -0.2) is 34.6 Å². The molecule has 6 heteroatoms.